The van der Waals surface area contributed by atoms with Gasteiger partial charge in [0.25, 0.3) is 0 Å². The number of hydrogen-bond donors (Lipinski definition) is 2. The number of methoxy groups -OCH3 is 1. The summed E-state index contributed by atoms with van der Waals surface area (Å²) in [5.74, 6) is 1.47. The molecule has 1 aromatic heterocycles. The minimum atomic E-state index is -0.220. The maximum Gasteiger partial charge on any atom is 0.224 e. The summed E-state index contributed by atoms with van der Waals surface area (Å²) in [6.45, 7) is 0. The molecule has 0 amide bonds. The number of ether oxygens (including phenoxy) is 1. The van der Waals surface area contributed by atoms with E-state index >= 15 is 0 Å². The van der Waals surface area contributed by atoms with E-state index in [0.29, 0.717) is 28.2 Å². The summed E-state index contributed by atoms with van der Waals surface area (Å²) in [6.07, 6.45) is 0. The molecule has 118 valence electrons. The van der Waals surface area contributed by atoms with E-state index in [1.807, 2.05) is 30.3 Å². The predicted molar refractivity (Wildman–Crippen MR) is 88.6 cm³/mol. The van der Waals surface area contributed by atoms with Crippen LogP contribution in [0.25, 0.3) is 0 Å². The Kier molecular flexibility index (Phi) is 4.77. The number of nitrogens with zero attached hydrogens (tertiary/aromatic N) is 2. The Morgan fingerprint density at radius 1 is 1.17 bits per heavy atom. The van der Waals surface area contributed by atoms with Crippen molar-refractivity contribution in [1.82, 2.24) is 15.2 Å². The van der Waals surface area contributed by atoms with E-state index in [1.54, 1.807) is 19.2 Å². The molecule has 3 aromatic rings. The first-order chi connectivity index (χ1) is 11.3. The van der Waals surface area contributed by atoms with Crippen LogP contribution in [0.3, 0.4) is 0 Å². The molecule has 0 radical (unpaired) electrons. The topological polar surface area (TPSA) is 62.8 Å². The Labute approximate surface area is 137 Å². The summed E-state index contributed by atoms with van der Waals surface area (Å²) in [4.78, 5) is 4.33. The van der Waals surface area contributed by atoms with Gasteiger partial charge >= 0.3 is 0 Å². The second kappa shape index (κ2) is 7.15. The van der Waals surface area contributed by atoms with Crippen LogP contribution in [0.15, 0.2) is 53.7 Å². The normalized spacial score (nSPS) is 10.5. The van der Waals surface area contributed by atoms with Gasteiger partial charge in [0.1, 0.15) is 11.6 Å². The van der Waals surface area contributed by atoms with Gasteiger partial charge in [-0.15, -0.1) is 5.10 Å². The number of H-pyrrole nitrogens is 1. The van der Waals surface area contributed by atoms with Gasteiger partial charge in [-0.05, 0) is 23.8 Å². The molecule has 0 saturated carbocycles. The largest absolute Gasteiger partial charge is 0.495 e. The standard InChI is InChI=1S/C16H15FN4OS/c1-22-14-9-5-4-8-13(14)18-15-19-16(21-20-15)23-10-11-6-2-3-7-12(11)17/h2-9H,10H2,1H3,(H2,18,19,20,21). The highest BCUT2D eigenvalue weighted by atomic mass is 32.2. The van der Waals surface area contributed by atoms with Crippen molar-refractivity contribution in [2.45, 2.75) is 10.9 Å². The smallest absolute Gasteiger partial charge is 0.224 e. The van der Waals surface area contributed by atoms with Crippen molar-refractivity contribution in [1.29, 1.82) is 0 Å². The molecular formula is C16H15FN4OS. The van der Waals surface area contributed by atoms with Crippen LogP contribution in [0.5, 0.6) is 5.75 Å². The van der Waals surface area contributed by atoms with Crippen LogP contribution >= 0.6 is 11.8 Å². The van der Waals surface area contributed by atoms with Crippen LogP contribution < -0.4 is 10.1 Å². The van der Waals surface area contributed by atoms with Gasteiger partial charge < -0.3 is 10.1 Å². The highest BCUT2D eigenvalue weighted by molar-refractivity contribution is 7.98. The lowest BCUT2D eigenvalue weighted by molar-refractivity contribution is 0.417. The number of aromatic nitrogens is 3. The van der Waals surface area contributed by atoms with Crippen LogP contribution in [0, 0.1) is 5.82 Å². The molecule has 0 spiro atoms. The first-order valence-corrected chi connectivity index (χ1v) is 7.93. The number of hydrogen-bond acceptors (Lipinski definition) is 5. The zero-order valence-corrected chi connectivity index (χ0v) is 13.2. The molecule has 0 unspecified atom stereocenters. The summed E-state index contributed by atoms with van der Waals surface area (Å²) >= 11 is 1.36. The summed E-state index contributed by atoms with van der Waals surface area (Å²) < 4.78 is 18.9. The number of thioether (sulfide) groups is 1. The van der Waals surface area contributed by atoms with Gasteiger partial charge in [0.15, 0.2) is 0 Å². The Hall–Kier alpha value is -2.54. The molecule has 5 nitrogen and oxygen atoms in total. The van der Waals surface area contributed by atoms with Crippen molar-refractivity contribution in [2.75, 3.05) is 12.4 Å². The number of benzene rings is 2. The third-order valence-electron chi connectivity index (χ3n) is 3.14. The van der Waals surface area contributed by atoms with E-state index < -0.39 is 0 Å². The zero-order chi connectivity index (χ0) is 16.1. The molecule has 2 N–H and O–H groups in total. The Morgan fingerprint density at radius 3 is 2.78 bits per heavy atom. The molecule has 23 heavy (non-hydrogen) atoms. The highest BCUT2D eigenvalue weighted by Crippen LogP contribution is 2.27. The average molecular weight is 330 g/mol. The molecule has 0 fully saturated rings. The number of para-hydroxylation sites is 2. The summed E-state index contributed by atoms with van der Waals surface area (Å²) in [7, 11) is 1.61. The van der Waals surface area contributed by atoms with E-state index in [1.165, 1.54) is 17.8 Å². The van der Waals surface area contributed by atoms with Crippen molar-refractivity contribution in [3.8, 4) is 5.75 Å². The summed E-state index contributed by atoms with van der Waals surface area (Å²) in [5, 5.41) is 10.6. The van der Waals surface area contributed by atoms with Crippen molar-refractivity contribution >= 4 is 23.4 Å². The number of aromatic amines is 1. The SMILES string of the molecule is COc1ccccc1Nc1nc(SCc2ccccc2F)n[nH]1. The molecule has 2 aromatic carbocycles. The number of halogens is 1. The minimum absolute atomic E-state index is 0.220. The van der Waals surface area contributed by atoms with Gasteiger partial charge in [-0.1, -0.05) is 42.1 Å². The molecule has 1 heterocycles. The number of anilines is 2. The van der Waals surface area contributed by atoms with Gasteiger partial charge in [0, 0.05) is 5.75 Å². The predicted octanol–water partition coefficient (Wildman–Crippen LogP) is 3.99. The van der Waals surface area contributed by atoms with Crippen LogP contribution in [0.4, 0.5) is 16.0 Å². The molecule has 0 bridgehead atoms. The van der Waals surface area contributed by atoms with Gasteiger partial charge in [-0.3, -0.25) is 0 Å². The third kappa shape index (κ3) is 3.81. The van der Waals surface area contributed by atoms with Gasteiger partial charge in [-0.2, -0.15) is 4.98 Å². The second-order valence-corrected chi connectivity index (χ2v) is 5.61. The quantitative estimate of drug-likeness (QED) is 0.669. The lowest BCUT2D eigenvalue weighted by atomic mass is 10.2. The maximum atomic E-state index is 13.6. The Bertz CT molecular complexity index is 793. The fraction of sp³-hybridized carbons (Fsp3) is 0.125. The molecule has 0 aliphatic carbocycles. The van der Waals surface area contributed by atoms with Gasteiger partial charge in [0.05, 0.1) is 12.8 Å². The molecule has 7 heteroatoms. The molecule has 0 aliphatic heterocycles. The van der Waals surface area contributed by atoms with Crippen molar-refractivity contribution in [2.24, 2.45) is 0 Å². The van der Waals surface area contributed by atoms with E-state index in [9.17, 15) is 4.39 Å². The molecule has 0 aliphatic rings. The third-order valence-corrected chi connectivity index (χ3v) is 4.04. The molecule has 3 rings (SSSR count). The summed E-state index contributed by atoms with van der Waals surface area (Å²) in [6, 6.07) is 14.2. The first-order valence-electron chi connectivity index (χ1n) is 6.95. The van der Waals surface area contributed by atoms with E-state index in [4.69, 9.17) is 4.74 Å². The van der Waals surface area contributed by atoms with Crippen molar-refractivity contribution in [3.05, 3.63) is 59.9 Å². The molecule has 0 atom stereocenters. The fourth-order valence-electron chi connectivity index (χ4n) is 2.00. The van der Waals surface area contributed by atoms with Crippen LogP contribution in [0.2, 0.25) is 0 Å². The van der Waals surface area contributed by atoms with Crippen molar-refractivity contribution in [3.63, 3.8) is 0 Å². The summed E-state index contributed by atoms with van der Waals surface area (Å²) in [5.41, 5.74) is 1.42. The van der Waals surface area contributed by atoms with Crippen molar-refractivity contribution < 1.29 is 9.13 Å². The first kappa shape index (κ1) is 15.4. The minimum Gasteiger partial charge on any atom is -0.495 e. The van der Waals surface area contributed by atoms with Crippen LogP contribution in [-0.2, 0) is 5.75 Å². The maximum absolute atomic E-state index is 13.6. The van der Waals surface area contributed by atoms with E-state index in [0.717, 1.165) is 5.69 Å². The lowest BCUT2D eigenvalue weighted by Crippen LogP contribution is -1.95. The van der Waals surface area contributed by atoms with Crippen LogP contribution in [-0.4, -0.2) is 22.3 Å². The second-order valence-electron chi connectivity index (χ2n) is 4.67. The van der Waals surface area contributed by atoms with Gasteiger partial charge in [-0.25, -0.2) is 9.49 Å². The molecular weight excluding hydrogens is 315 g/mol. The number of rotatable bonds is 6. The fourth-order valence-corrected chi connectivity index (χ4v) is 2.78. The van der Waals surface area contributed by atoms with Gasteiger partial charge in [0.2, 0.25) is 11.1 Å². The Morgan fingerprint density at radius 2 is 1.96 bits per heavy atom. The monoisotopic (exact) mass is 330 g/mol. The lowest BCUT2D eigenvalue weighted by Gasteiger charge is -2.07. The molecule has 0 saturated heterocycles. The van der Waals surface area contributed by atoms with E-state index in [2.05, 4.69) is 20.5 Å². The average Bonchev–Trinajstić information content (AvgIpc) is 3.02. The Balaban J connectivity index is 1.65. The highest BCUT2D eigenvalue weighted by Gasteiger charge is 2.08. The van der Waals surface area contributed by atoms with Crippen LogP contribution in [0.1, 0.15) is 5.56 Å². The van der Waals surface area contributed by atoms with E-state index in [-0.39, 0.29) is 5.82 Å². The number of nitrogens with one attached hydrogen (secondary N) is 2. The zero-order valence-electron chi connectivity index (χ0n) is 12.4.